The van der Waals surface area contributed by atoms with Gasteiger partial charge in [-0.15, -0.1) is 0 Å². The average Bonchev–Trinajstić information content (AvgIpc) is 2.72. The predicted octanol–water partition coefficient (Wildman–Crippen LogP) is 3.95. The van der Waals surface area contributed by atoms with Crippen LogP contribution >= 0.6 is 0 Å². The van der Waals surface area contributed by atoms with E-state index in [9.17, 15) is 4.79 Å². The predicted molar refractivity (Wildman–Crippen MR) is 109 cm³/mol. The van der Waals surface area contributed by atoms with Crippen LogP contribution < -0.4 is 4.90 Å². The minimum Gasteiger partial charge on any atom is -0.352 e. The fourth-order valence-corrected chi connectivity index (χ4v) is 4.54. The highest BCUT2D eigenvalue weighted by atomic mass is 16.2. The number of aromatic nitrogens is 2. The van der Waals surface area contributed by atoms with E-state index in [0.717, 1.165) is 61.7 Å². The SMILES string of the molecule is Cc1ccc2ncnc(N3CCN(C(=O)CCC4CCCCC4)CC3)c2c1. The fraction of sp³-hybridized carbons (Fsp3) is 0.591. The monoisotopic (exact) mass is 366 g/mol. The summed E-state index contributed by atoms with van der Waals surface area (Å²) >= 11 is 0. The van der Waals surface area contributed by atoms with Crippen molar-refractivity contribution in [2.75, 3.05) is 31.1 Å². The first-order valence-electron chi connectivity index (χ1n) is 10.4. The van der Waals surface area contributed by atoms with Gasteiger partial charge in [0.05, 0.1) is 5.52 Å². The normalized spacial score (nSPS) is 18.9. The zero-order valence-corrected chi connectivity index (χ0v) is 16.4. The molecule has 2 fully saturated rings. The smallest absolute Gasteiger partial charge is 0.222 e. The molecule has 5 nitrogen and oxygen atoms in total. The van der Waals surface area contributed by atoms with Crippen molar-refractivity contribution in [3.63, 3.8) is 0 Å². The topological polar surface area (TPSA) is 49.3 Å². The number of hydrogen-bond donors (Lipinski definition) is 0. The van der Waals surface area contributed by atoms with Gasteiger partial charge in [-0.25, -0.2) is 9.97 Å². The second kappa shape index (κ2) is 8.24. The Kier molecular flexibility index (Phi) is 5.55. The van der Waals surface area contributed by atoms with E-state index in [1.165, 1.54) is 37.7 Å². The molecule has 0 radical (unpaired) electrons. The number of piperazine rings is 1. The Bertz CT molecular complexity index is 792. The summed E-state index contributed by atoms with van der Waals surface area (Å²) in [6.07, 6.45) is 10.2. The fourth-order valence-electron chi connectivity index (χ4n) is 4.54. The highest BCUT2D eigenvalue weighted by Gasteiger charge is 2.24. The number of aryl methyl sites for hydroxylation is 1. The third-order valence-electron chi connectivity index (χ3n) is 6.19. The molecule has 1 aliphatic heterocycles. The molecular formula is C22H30N4O. The van der Waals surface area contributed by atoms with Crippen molar-refractivity contribution >= 4 is 22.6 Å². The molecule has 2 aromatic rings. The molecule has 0 bridgehead atoms. The molecule has 1 aromatic carbocycles. The van der Waals surface area contributed by atoms with Gasteiger partial charge in [-0.3, -0.25) is 4.79 Å². The summed E-state index contributed by atoms with van der Waals surface area (Å²) in [4.78, 5) is 25.9. The number of nitrogens with zero attached hydrogens (tertiary/aromatic N) is 4. The van der Waals surface area contributed by atoms with Gasteiger partial charge in [0.25, 0.3) is 0 Å². The second-order valence-corrected chi connectivity index (χ2v) is 8.13. The Hall–Kier alpha value is -2.17. The zero-order chi connectivity index (χ0) is 18.6. The van der Waals surface area contributed by atoms with Crippen LogP contribution in [0.2, 0.25) is 0 Å². The lowest BCUT2D eigenvalue weighted by Crippen LogP contribution is -2.49. The van der Waals surface area contributed by atoms with E-state index >= 15 is 0 Å². The molecule has 1 saturated heterocycles. The number of rotatable bonds is 4. The molecule has 144 valence electrons. The van der Waals surface area contributed by atoms with Crippen molar-refractivity contribution in [2.45, 2.75) is 51.9 Å². The first-order valence-corrected chi connectivity index (χ1v) is 10.4. The second-order valence-electron chi connectivity index (χ2n) is 8.13. The maximum Gasteiger partial charge on any atom is 0.222 e. The highest BCUT2D eigenvalue weighted by Crippen LogP contribution is 2.28. The molecule has 1 amide bonds. The molecule has 2 heterocycles. The number of benzene rings is 1. The van der Waals surface area contributed by atoms with E-state index in [1.807, 2.05) is 4.90 Å². The van der Waals surface area contributed by atoms with Gasteiger partial charge in [0.1, 0.15) is 12.1 Å². The van der Waals surface area contributed by atoms with Crippen molar-refractivity contribution in [2.24, 2.45) is 5.92 Å². The molecule has 1 aromatic heterocycles. The minimum atomic E-state index is 0.337. The summed E-state index contributed by atoms with van der Waals surface area (Å²) in [7, 11) is 0. The number of hydrogen-bond acceptors (Lipinski definition) is 4. The number of fused-ring (bicyclic) bond motifs is 1. The lowest BCUT2D eigenvalue weighted by atomic mass is 9.86. The van der Waals surface area contributed by atoms with E-state index in [-0.39, 0.29) is 0 Å². The lowest BCUT2D eigenvalue weighted by Gasteiger charge is -2.36. The molecule has 1 saturated carbocycles. The summed E-state index contributed by atoms with van der Waals surface area (Å²) in [5, 5.41) is 1.11. The quantitative estimate of drug-likeness (QED) is 0.822. The third kappa shape index (κ3) is 4.23. The molecular weight excluding hydrogens is 336 g/mol. The van der Waals surface area contributed by atoms with Gasteiger partial charge < -0.3 is 9.80 Å². The van der Waals surface area contributed by atoms with Crippen LogP contribution in [0.3, 0.4) is 0 Å². The van der Waals surface area contributed by atoms with Gasteiger partial charge in [-0.05, 0) is 31.4 Å². The molecule has 0 spiro atoms. The third-order valence-corrected chi connectivity index (χ3v) is 6.19. The Morgan fingerprint density at radius 3 is 2.63 bits per heavy atom. The molecule has 5 heteroatoms. The van der Waals surface area contributed by atoms with E-state index < -0.39 is 0 Å². The maximum absolute atomic E-state index is 12.6. The molecule has 0 N–H and O–H groups in total. The van der Waals surface area contributed by atoms with Crippen molar-refractivity contribution in [3.8, 4) is 0 Å². The standard InChI is InChI=1S/C22H30N4O/c1-17-7-9-20-19(15-17)22(24-16-23-20)26-13-11-25(12-14-26)21(27)10-8-18-5-3-2-4-6-18/h7,9,15-16,18H,2-6,8,10-14H2,1H3. The van der Waals surface area contributed by atoms with Gasteiger partial charge in [0, 0.05) is 38.0 Å². The number of carbonyl (C=O) groups is 1. The Morgan fingerprint density at radius 2 is 1.85 bits per heavy atom. The van der Waals surface area contributed by atoms with Gasteiger partial charge >= 0.3 is 0 Å². The van der Waals surface area contributed by atoms with Gasteiger partial charge in [0.2, 0.25) is 5.91 Å². The van der Waals surface area contributed by atoms with Crippen molar-refractivity contribution < 1.29 is 4.79 Å². The van der Waals surface area contributed by atoms with Crippen molar-refractivity contribution in [3.05, 3.63) is 30.1 Å². The summed E-state index contributed by atoms with van der Waals surface area (Å²) in [5.41, 5.74) is 2.20. The van der Waals surface area contributed by atoms with E-state index in [1.54, 1.807) is 6.33 Å². The molecule has 1 aliphatic carbocycles. The highest BCUT2D eigenvalue weighted by molar-refractivity contribution is 5.90. The van der Waals surface area contributed by atoms with E-state index in [0.29, 0.717) is 5.91 Å². The maximum atomic E-state index is 12.6. The van der Waals surface area contributed by atoms with Crippen LogP contribution in [0.25, 0.3) is 10.9 Å². The summed E-state index contributed by atoms with van der Waals surface area (Å²) in [6.45, 7) is 5.37. The van der Waals surface area contributed by atoms with Gasteiger partial charge in [-0.1, -0.05) is 43.7 Å². The molecule has 27 heavy (non-hydrogen) atoms. The molecule has 0 unspecified atom stereocenters. The van der Waals surface area contributed by atoms with Crippen molar-refractivity contribution in [1.29, 1.82) is 0 Å². The average molecular weight is 367 g/mol. The van der Waals surface area contributed by atoms with E-state index in [2.05, 4.69) is 40.0 Å². The number of anilines is 1. The van der Waals surface area contributed by atoms with Crippen LogP contribution in [0.15, 0.2) is 24.5 Å². The zero-order valence-electron chi connectivity index (χ0n) is 16.4. The summed E-state index contributed by atoms with van der Waals surface area (Å²) in [5.74, 6) is 2.11. The summed E-state index contributed by atoms with van der Waals surface area (Å²) in [6, 6.07) is 6.30. The van der Waals surface area contributed by atoms with Gasteiger partial charge in [-0.2, -0.15) is 0 Å². The Balaban J connectivity index is 1.35. The van der Waals surface area contributed by atoms with Crippen LogP contribution in [0.4, 0.5) is 5.82 Å². The minimum absolute atomic E-state index is 0.337. The van der Waals surface area contributed by atoms with E-state index in [4.69, 9.17) is 0 Å². The molecule has 2 aliphatic rings. The largest absolute Gasteiger partial charge is 0.352 e. The Labute approximate surface area is 161 Å². The first-order chi connectivity index (χ1) is 13.2. The van der Waals surface area contributed by atoms with Crippen molar-refractivity contribution in [1.82, 2.24) is 14.9 Å². The molecule has 4 rings (SSSR count). The van der Waals surface area contributed by atoms with Crippen LogP contribution in [-0.2, 0) is 4.79 Å². The van der Waals surface area contributed by atoms with Crippen LogP contribution in [-0.4, -0.2) is 47.0 Å². The number of amides is 1. The van der Waals surface area contributed by atoms with Crippen LogP contribution in [0.5, 0.6) is 0 Å². The Morgan fingerprint density at radius 1 is 1.07 bits per heavy atom. The summed E-state index contributed by atoms with van der Waals surface area (Å²) < 4.78 is 0. The van der Waals surface area contributed by atoms with Crippen LogP contribution in [0.1, 0.15) is 50.5 Å². The number of carbonyl (C=O) groups excluding carboxylic acids is 1. The van der Waals surface area contributed by atoms with Crippen LogP contribution in [0, 0.1) is 12.8 Å². The van der Waals surface area contributed by atoms with Gasteiger partial charge in [0.15, 0.2) is 0 Å². The lowest BCUT2D eigenvalue weighted by molar-refractivity contribution is -0.131. The molecule has 0 atom stereocenters. The first kappa shape index (κ1) is 18.2.